The van der Waals surface area contributed by atoms with Gasteiger partial charge in [0, 0.05) is 31.2 Å². The van der Waals surface area contributed by atoms with Crippen LogP contribution in [0.5, 0.6) is 0 Å². The summed E-state index contributed by atoms with van der Waals surface area (Å²) in [6.45, 7) is 3.70. The number of carbonyl (C=O) groups excluding carboxylic acids is 1. The summed E-state index contributed by atoms with van der Waals surface area (Å²) in [5, 5.41) is 3.17. The van der Waals surface area contributed by atoms with E-state index in [1.54, 1.807) is 0 Å². The molecule has 1 aliphatic carbocycles. The molecule has 0 radical (unpaired) electrons. The lowest BCUT2D eigenvalue weighted by Crippen LogP contribution is -2.46. The van der Waals surface area contributed by atoms with Crippen LogP contribution < -0.4 is 11.1 Å². The van der Waals surface area contributed by atoms with Crippen LogP contribution in [-0.4, -0.2) is 31.2 Å². The lowest BCUT2D eigenvalue weighted by atomic mass is 9.77. The van der Waals surface area contributed by atoms with E-state index in [0.29, 0.717) is 12.0 Å². The van der Waals surface area contributed by atoms with Crippen LogP contribution >= 0.6 is 0 Å². The second kappa shape index (κ2) is 5.83. The van der Waals surface area contributed by atoms with Gasteiger partial charge in [-0.3, -0.25) is 4.79 Å². The van der Waals surface area contributed by atoms with Crippen molar-refractivity contribution in [3.63, 3.8) is 0 Å². The van der Waals surface area contributed by atoms with Crippen LogP contribution in [0.2, 0.25) is 0 Å². The molecule has 2 fully saturated rings. The minimum absolute atomic E-state index is 0.113. The van der Waals surface area contributed by atoms with E-state index in [-0.39, 0.29) is 17.9 Å². The quantitative estimate of drug-likeness (QED) is 0.758. The van der Waals surface area contributed by atoms with Gasteiger partial charge in [0.05, 0.1) is 0 Å². The summed E-state index contributed by atoms with van der Waals surface area (Å²) in [4.78, 5) is 12.2. The summed E-state index contributed by atoms with van der Waals surface area (Å²) >= 11 is 0. The SMILES string of the molecule is CC1CCC(N)CC1C(=O)NC1CCOCC1. The first-order chi connectivity index (χ1) is 8.16. The fourth-order valence-corrected chi connectivity index (χ4v) is 2.87. The van der Waals surface area contributed by atoms with Crippen molar-refractivity contribution in [1.82, 2.24) is 5.32 Å². The average molecular weight is 240 g/mol. The van der Waals surface area contributed by atoms with Crippen LogP contribution in [0.25, 0.3) is 0 Å². The summed E-state index contributed by atoms with van der Waals surface area (Å²) in [5.41, 5.74) is 5.96. The van der Waals surface area contributed by atoms with Gasteiger partial charge in [0.1, 0.15) is 0 Å². The smallest absolute Gasteiger partial charge is 0.223 e. The highest BCUT2D eigenvalue weighted by Crippen LogP contribution is 2.29. The summed E-state index contributed by atoms with van der Waals surface area (Å²) in [6, 6.07) is 0.512. The van der Waals surface area contributed by atoms with E-state index >= 15 is 0 Å². The van der Waals surface area contributed by atoms with Gasteiger partial charge < -0.3 is 15.8 Å². The third kappa shape index (κ3) is 3.42. The Kier molecular flexibility index (Phi) is 4.40. The molecule has 1 aliphatic heterocycles. The molecule has 17 heavy (non-hydrogen) atoms. The lowest BCUT2D eigenvalue weighted by Gasteiger charge is -2.33. The number of hydrogen-bond acceptors (Lipinski definition) is 3. The second-order valence-corrected chi connectivity index (χ2v) is 5.55. The first-order valence-electron chi connectivity index (χ1n) is 6.80. The number of hydrogen-bond donors (Lipinski definition) is 2. The zero-order valence-electron chi connectivity index (χ0n) is 10.7. The van der Waals surface area contributed by atoms with Crippen LogP contribution in [0.15, 0.2) is 0 Å². The zero-order valence-corrected chi connectivity index (χ0v) is 10.7. The van der Waals surface area contributed by atoms with Crippen molar-refractivity contribution >= 4 is 5.91 Å². The van der Waals surface area contributed by atoms with Gasteiger partial charge in [0.2, 0.25) is 5.91 Å². The predicted molar refractivity (Wildman–Crippen MR) is 66.5 cm³/mol. The van der Waals surface area contributed by atoms with E-state index in [4.69, 9.17) is 10.5 Å². The van der Waals surface area contributed by atoms with E-state index < -0.39 is 0 Å². The van der Waals surface area contributed by atoms with E-state index in [1.165, 1.54) is 0 Å². The van der Waals surface area contributed by atoms with Crippen molar-refractivity contribution in [3.8, 4) is 0 Å². The Morgan fingerprint density at radius 2 is 1.94 bits per heavy atom. The van der Waals surface area contributed by atoms with Gasteiger partial charge in [0.15, 0.2) is 0 Å². The molecule has 0 bridgehead atoms. The van der Waals surface area contributed by atoms with Crippen LogP contribution in [0.4, 0.5) is 0 Å². The van der Waals surface area contributed by atoms with E-state index in [2.05, 4.69) is 12.2 Å². The summed E-state index contributed by atoms with van der Waals surface area (Å²) in [7, 11) is 0. The van der Waals surface area contributed by atoms with E-state index in [1.807, 2.05) is 0 Å². The Balaban J connectivity index is 1.85. The first kappa shape index (κ1) is 12.8. The Labute approximate surface area is 103 Å². The van der Waals surface area contributed by atoms with Gasteiger partial charge >= 0.3 is 0 Å². The molecule has 0 aromatic rings. The van der Waals surface area contributed by atoms with Gasteiger partial charge in [-0.25, -0.2) is 0 Å². The predicted octanol–water partition coefficient (Wildman–Crippen LogP) is 1.05. The molecule has 1 saturated carbocycles. The number of carbonyl (C=O) groups is 1. The first-order valence-corrected chi connectivity index (χ1v) is 6.80. The summed E-state index contributed by atoms with van der Waals surface area (Å²) in [6.07, 6.45) is 4.86. The highest BCUT2D eigenvalue weighted by Gasteiger charge is 2.32. The minimum Gasteiger partial charge on any atom is -0.381 e. The maximum absolute atomic E-state index is 12.2. The molecule has 3 N–H and O–H groups in total. The van der Waals surface area contributed by atoms with Gasteiger partial charge in [-0.05, 0) is 38.0 Å². The highest BCUT2D eigenvalue weighted by molar-refractivity contribution is 5.79. The normalized spacial score (nSPS) is 35.5. The molecule has 3 atom stereocenters. The molecule has 1 amide bonds. The molecule has 2 aliphatic rings. The average Bonchev–Trinajstić information content (AvgIpc) is 2.33. The fourth-order valence-electron chi connectivity index (χ4n) is 2.87. The Morgan fingerprint density at radius 1 is 1.24 bits per heavy atom. The Hall–Kier alpha value is -0.610. The fraction of sp³-hybridized carbons (Fsp3) is 0.923. The number of rotatable bonds is 2. The molecule has 2 rings (SSSR count). The molecule has 4 heteroatoms. The molecule has 0 aromatic carbocycles. The largest absolute Gasteiger partial charge is 0.381 e. The molecular formula is C13H24N2O2. The van der Waals surface area contributed by atoms with Crippen LogP contribution in [0.1, 0.15) is 39.0 Å². The van der Waals surface area contributed by atoms with E-state index in [0.717, 1.165) is 45.3 Å². The van der Waals surface area contributed by atoms with Crippen molar-refractivity contribution < 1.29 is 9.53 Å². The number of nitrogens with two attached hydrogens (primary N) is 1. The molecule has 1 saturated heterocycles. The van der Waals surface area contributed by atoms with Crippen molar-refractivity contribution in [2.45, 2.75) is 51.1 Å². The topological polar surface area (TPSA) is 64.4 Å². The zero-order chi connectivity index (χ0) is 12.3. The molecular weight excluding hydrogens is 216 g/mol. The monoisotopic (exact) mass is 240 g/mol. The Morgan fingerprint density at radius 3 is 2.65 bits per heavy atom. The van der Waals surface area contributed by atoms with Crippen molar-refractivity contribution in [2.24, 2.45) is 17.6 Å². The number of amides is 1. The highest BCUT2D eigenvalue weighted by atomic mass is 16.5. The van der Waals surface area contributed by atoms with Crippen LogP contribution in [0, 0.1) is 11.8 Å². The summed E-state index contributed by atoms with van der Waals surface area (Å²) < 4.78 is 5.29. The third-order valence-electron chi connectivity index (χ3n) is 4.14. The standard InChI is InChI=1S/C13H24N2O2/c1-9-2-3-10(14)8-12(9)13(16)15-11-4-6-17-7-5-11/h9-12H,2-8,14H2,1H3,(H,15,16). The maximum atomic E-state index is 12.2. The number of nitrogens with one attached hydrogen (secondary N) is 1. The van der Waals surface area contributed by atoms with E-state index in [9.17, 15) is 4.79 Å². The van der Waals surface area contributed by atoms with Crippen molar-refractivity contribution in [2.75, 3.05) is 13.2 Å². The minimum atomic E-state index is 0.113. The van der Waals surface area contributed by atoms with Gasteiger partial charge in [-0.15, -0.1) is 0 Å². The molecule has 4 nitrogen and oxygen atoms in total. The van der Waals surface area contributed by atoms with Gasteiger partial charge in [-0.2, -0.15) is 0 Å². The summed E-state index contributed by atoms with van der Waals surface area (Å²) in [5.74, 6) is 0.788. The third-order valence-corrected chi connectivity index (χ3v) is 4.14. The van der Waals surface area contributed by atoms with Crippen molar-refractivity contribution in [1.29, 1.82) is 0 Å². The molecule has 98 valence electrons. The molecule has 0 aromatic heterocycles. The molecule has 3 unspecified atom stereocenters. The van der Waals surface area contributed by atoms with Crippen molar-refractivity contribution in [3.05, 3.63) is 0 Å². The molecule has 0 spiro atoms. The number of ether oxygens (including phenoxy) is 1. The maximum Gasteiger partial charge on any atom is 0.223 e. The molecule has 1 heterocycles. The van der Waals surface area contributed by atoms with Crippen LogP contribution in [0.3, 0.4) is 0 Å². The lowest BCUT2D eigenvalue weighted by molar-refractivity contribution is -0.129. The van der Waals surface area contributed by atoms with Gasteiger partial charge in [-0.1, -0.05) is 6.92 Å². The van der Waals surface area contributed by atoms with Gasteiger partial charge in [0.25, 0.3) is 0 Å². The second-order valence-electron chi connectivity index (χ2n) is 5.55. The Bertz CT molecular complexity index is 264. The van der Waals surface area contributed by atoms with Crippen LogP contribution in [-0.2, 0) is 9.53 Å².